The maximum Gasteiger partial charge on any atom is 0.323 e. The van der Waals surface area contributed by atoms with Crippen LogP contribution in [0.4, 0.5) is 16.2 Å². The zero-order valence-electron chi connectivity index (χ0n) is 15.8. The summed E-state index contributed by atoms with van der Waals surface area (Å²) in [5.41, 5.74) is 2.73. The molecule has 7 nitrogen and oxygen atoms in total. The van der Waals surface area contributed by atoms with E-state index >= 15 is 0 Å². The van der Waals surface area contributed by atoms with Crippen molar-refractivity contribution in [2.75, 3.05) is 17.7 Å². The molecule has 0 aliphatic heterocycles. The number of fused-ring (bicyclic) bond motifs is 1. The van der Waals surface area contributed by atoms with Crippen molar-refractivity contribution >= 4 is 28.3 Å². The average Bonchev–Trinajstić information content (AvgIpc) is 3.04. The lowest BCUT2D eigenvalue weighted by atomic mass is 10.2. The smallest absolute Gasteiger partial charge is 0.323 e. The van der Waals surface area contributed by atoms with Crippen molar-refractivity contribution in [2.45, 2.75) is 6.54 Å². The number of nitrogens with one attached hydrogen (secondary N) is 3. The van der Waals surface area contributed by atoms with Gasteiger partial charge in [-0.1, -0.05) is 42.5 Å². The molecule has 3 N–H and O–H groups in total. The van der Waals surface area contributed by atoms with Crippen molar-refractivity contribution in [3.8, 4) is 5.75 Å². The Hall–Kier alpha value is -4.00. The Morgan fingerprint density at radius 2 is 1.76 bits per heavy atom. The lowest BCUT2D eigenvalue weighted by molar-refractivity contribution is 0.262. The molecule has 0 saturated carbocycles. The zero-order valence-corrected chi connectivity index (χ0v) is 15.8. The van der Waals surface area contributed by atoms with Crippen molar-refractivity contribution in [3.05, 3.63) is 88.7 Å². The minimum Gasteiger partial charge on any atom is -0.495 e. The second-order valence-corrected chi connectivity index (χ2v) is 6.52. The molecule has 1 aromatic heterocycles. The number of hydrogen-bond acceptors (Lipinski definition) is 3. The van der Waals surface area contributed by atoms with Gasteiger partial charge >= 0.3 is 6.03 Å². The number of methoxy groups -OCH3 is 1. The van der Waals surface area contributed by atoms with Gasteiger partial charge < -0.3 is 15.4 Å². The Morgan fingerprint density at radius 1 is 1.00 bits per heavy atom. The number of aromatic nitrogens is 2. The van der Waals surface area contributed by atoms with Crippen LogP contribution in [-0.2, 0) is 6.54 Å². The molecular formula is C22H20N4O3. The van der Waals surface area contributed by atoms with Crippen LogP contribution in [0, 0.1) is 0 Å². The topological polar surface area (TPSA) is 88.2 Å². The van der Waals surface area contributed by atoms with Crippen LogP contribution in [-0.4, -0.2) is 22.9 Å². The van der Waals surface area contributed by atoms with Crippen molar-refractivity contribution in [1.82, 2.24) is 9.78 Å². The number of anilines is 2. The standard InChI is InChI=1S/C22H20N4O3/c1-29-20-10-6-5-9-18(20)24-22(28)23-16-11-12-19-17(13-16)21(27)25-26(19)14-15-7-3-2-4-8-15/h2-13H,14H2,1H3,(H,25,27)(H2,23,24,28). The van der Waals surface area contributed by atoms with Crippen LogP contribution < -0.4 is 20.9 Å². The van der Waals surface area contributed by atoms with E-state index < -0.39 is 6.03 Å². The number of carbonyl (C=O) groups excluding carboxylic acids is 1. The normalized spacial score (nSPS) is 10.7. The van der Waals surface area contributed by atoms with Crippen LogP contribution in [0.5, 0.6) is 5.75 Å². The van der Waals surface area contributed by atoms with Crippen LogP contribution >= 0.6 is 0 Å². The van der Waals surface area contributed by atoms with E-state index in [4.69, 9.17) is 4.74 Å². The van der Waals surface area contributed by atoms with Gasteiger partial charge in [0.15, 0.2) is 0 Å². The number of nitrogens with zero attached hydrogens (tertiary/aromatic N) is 1. The molecule has 0 aliphatic carbocycles. The summed E-state index contributed by atoms with van der Waals surface area (Å²) in [5, 5.41) is 8.86. The number of benzene rings is 3. The number of aromatic amines is 1. The molecule has 0 spiro atoms. The van der Waals surface area contributed by atoms with E-state index in [1.165, 1.54) is 0 Å². The molecule has 0 fully saturated rings. The largest absolute Gasteiger partial charge is 0.495 e. The van der Waals surface area contributed by atoms with Gasteiger partial charge in [0.25, 0.3) is 5.56 Å². The Bertz CT molecular complexity index is 1210. The Balaban J connectivity index is 1.54. The summed E-state index contributed by atoms with van der Waals surface area (Å²) in [5.74, 6) is 0.563. The summed E-state index contributed by atoms with van der Waals surface area (Å²) in [7, 11) is 1.54. The monoisotopic (exact) mass is 388 g/mol. The molecular weight excluding hydrogens is 368 g/mol. The van der Waals surface area contributed by atoms with Gasteiger partial charge in [0.2, 0.25) is 0 Å². The van der Waals surface area contributed by atoms with Crippen LogP contribution in [0.1, 0.15) is 5.56 Å². The third kappa shape index (κ3) is 3.98. The Morgan fingerprint density at radius 3 is 2.55 bits per heavy atom. The molecule has 0 atom stereocenters. The molecule has 0 bridgehead atoms. The first-order valence-corrected chi connectivity index (χ1v) is 9.11. The summed E-state index contributed by atoms with van der Waals surface area (Å²) in [6.45, 7) is 0.556. The molecule has 7 heteroatoms. The molecule has 4 aromatic rings. The summed E-state index contributed by atoms with van der Waals surface area (Å²) in [4.78, 5) is 24.7. The van der Waals surface area contributed by atoms with E-state index in [-0.39, 0.29) is 5.56 Å². The summed E-state index contributed by atoms with van der Waals surface area (Å²) in [6.07, 6.45) is 0. The third-order valence-electron chi connectivity index (χ3n) is 4.57. The van der Waals surface area contributed by atoms with E-state index in [1.807, 2.05) is 42.5 Å². The molecule has 0 unspecified atom stereocenters. The number of amides is 2. The van der Waals surface area contributed by atoms with E-state index in [0.29, 0.717) is 29.1 Å². The fourth-order valence-corrected chi connectivity index (χ4v) is 3.20. The predicted molar refractivity (Wildman–Crippen MR) is 114 cm³/mol. The minimum absolute atomic E-state index is 0.204. The first kappa shape index (κ1) is 18.4. The summed E-state index contributed by atoms with van der Waals surface area (Å²) >= 11 is 0. The van der Waals surface area contributed by atoms with Gasteiger partial charge in [-0.15, -0.1) is 0 Å². The highest BCUT2D eigenvalue weighted by atomic mass is 16.5. The van der Waals surface area contributed by atoms with Crippen molar-refractivity contribution in [3.63, 3.8) is 0 Å². The number of carbonyl (C=O) groups is 1. The average molecular weight is 388 g/mol. The van der Waals surface area contributed by atoms with Crippen LogP contribution in [0.25, 0.3) is 10.9 Å². The number of rotatable bonds is 5. The third-order valence-corrected chi connectivity index (χ3v) is 4.57. The SMILES string of the molecule is COc1ccccc1NC(=O)Nc1ccc2c(c1)c(=O)[nH]n2Cc1ccccc1. The maximum atomic E-state index is 12.4. The molecule has 146 valence electrons. The van der Waals surface area contributed by atoms with Gasteiger partial charge in [-0.2, -0.15) is 0 Å². The highest BCUT2D eigenvalue weighted by Crippen LogP contribution is 2.23. The highest BCUT2D eigenvalue weighted by Gasteiger charge is 2.11. The van der Waals surface area contributed by atoms with E-state index in [0.717, 1.165) is 11.1 Å². The molecule has 29 heavy (non-hydrogen) atoms. The van der Waals surface area contributed by atoms with Crippen LogP contribution in [0.3, 0.4) is 0 Å². The Kier molecular flexibility index (Phi) is 5.03. The molecule has 3 aromatic carbocycles. The number of H-pyrrole nitrogens is 1. The van der Waals surface area contributed by atoms with Gasteiger partial charge in [-0.3, -0.25) is 14.6 Å². The van der Waals surface area contributed by atoms with Gasteiger partial charge in [0, 0.05) is 5.69 Å². The number of ether oxygens (including phenoxy) is 1. The molecule has 2 amide bonds. The minimum atomic E-state index is -0.422. The number of para-hydroxylation sites is 2. The lowest BCUT2D eigenvalue weighted by Crippen LogP contribution is -2.19. The zero-order chi connectivity index (χ0) is 20.2. The Labute approximate surface area is 166 Å². The second kappa shape index (κ2) is 7.93. The highest BCUT2D eigenvalue weighted by molar-refractivity contribution is 6.01. The predicted octanol–water partition coefficient (Wildman–Crippen LogP) is 4.03. The molecule has 0 aliphatic rings. The quantitative estimate of drug-likeness (QED) is 0.482. The van der Waals surface area contributed by atoms with Gasteiger partial charge in [0.1, 0.15) is 5.75 Å². The summed E-state index contributed by atoms with van der Waals surface area (Å²) in [6, 6.07) is 21.8. The van der Waals surface area contributed by atoms with Crippen LogP contribution in [0.2, 0.25) is 0 Å². The van der Waals surface area contributed by atoms with E-state index in [2.05, 4.69) is 15.7 Å². The second-order valence-electron chi connectivity index (χ2n) is 6.52. The van der Waals surface area contributed by atoms with Gasteiger partial charge in [-0.05, 0) is 35.9 Å². The van der Waals surface area contributed by atoms with Crippen molar-refractivity contribution < 1.29 is 9.53 Å². The summed E-state index contributed by atoms with van der Waals surface area (Å²) < 4.78 is 7.03. The van der Waals surface area contributed by atoms with Gasteiger partial charge in [-0.25, -0.2) is 4.79 Å². The first-order chi connectivity index (χ1) is 14.1. The number of urea groups is 1. The first-order valence-electron chi connectivity index (χ1n) is 9.11. The maximum absolute atomic E-state index is 12.4. The lowest BCUT2D eigenvalue weighted by Gasteiger charge is -2.11. The van der Waals surface area contributed by atoms with Crippen molar-refractivity contribution in [2.24, 2.45) is 0 Å². The molecule has 4 rings (SSSR count). The number of hydrogen-bond donors (Lipinski definition) is 3. The van der Waals surface area contributed by atoms with E-state index in [9.17, 15) is 9.59 Å². The van der Waals surface area contributed by atoms with Crippen LogP contribution in [0.15, 0.2) is 77.6 Å². The van der Waals surface area contributed by atoms with Crippen molar-refractivity contribution in [1.29, 1.82) is 0 Å². The van der Waals surface area contributed by atoms with E-state index in [1.54, 1.807) is 42.1 Å². The molecule has 1 heterocycles. The fourth-order valence-electron chi connectivity index (χ4n) is 3.20. The molecule has 0 radical (unpaired) electrons. The molecule has 0 saturated heterocycles. The van der Waals surface area contributed by atoms with Gasteiger partial charge in [0.05, 0.1) is 30.2 Å². The fraction of sp³-hybridized carbons (Fsp3) is 0.0909.